The summed E-state index contributed by atoms with van der Waals surface area (Å²) in [6.07, 6.45) is 2.16. The van der Waals surface area contributed by atoms with Crippen molar-refractivity contribution in [3.63, 3.8) is 0 Å². The first kappa shape index (κ1) is 22.0. The molecule has 0 bridgehead atoms. The fraction of sp³-hybridized carbons (Fsp3) is 0.435. The molecule has 0 unspecified atom stereocenters. The summed E-state index contributed by atoms with van der Waals surface area (Å²) in [5.74, 6) is -0.389. The first-order chi connectivity index (χ1) is 14.5. The molecule has 0 radical (unpaired) electrons. The van der Waals surface area contributed by atoms with Gasteiger partial charge < -0.3 is 15.5 Å². The van der Waals surface area contributed by atoms with Gasteiger partial charge in [0.2, 0.25) is 5.91 Å². The predicted molar refractivity (Wildman–Crippen MR) is 119 cm³/mol. The molecule has 1 fully saturated rings. The third-order valence-corrected chi connectivity index (χ3v) is 6.49. The molecule has 2 aromatic rings. The van der Waals surface area contributed by atoms with E-state index in [9.17, 15) is 14.4 Å². The lowest BCUT2D eigenvalue weighted by Gasteiger charge is -2.36. The van der Waals surface area contributed by atoms with E-state index in [1.54, 1.807) is 24.3 Å². The Balaban J connectivity index is 1.68. The lowest BCUT2D eigenvalue weighted by Crippen LogP contribution is -2.55. The molecule has 0 spiro atoms. The Morgan fingerprint density at radius 1 is 1.07 bits per heavy atom. The minimum Gasteiger partial charge on any atom is -0.352 e. The maximum absolute atomic E-state index is 13.0. The molecule has 3 rings (SSSR count). The molecule has 30 heavy (non-hydrogen) atoms. The third kappa shape index (κ3) is 5.48. The molecule has 1 saturated heterocycles. The fourth-order valence-corrected chi connectivity index (χ4v) is 4.33. The number of carbonyl (C=O) groups excluding carboxylic acids is 3. The van der Waals surface area contributed by atoms with Crippen molar-refractivity contribution in [2.45, 2.75) is 45.2 Å². The monoisotopic (exact) mass is 427 g/mol. The van der Waals surface area contributed by atoms with Gasteiger partial charge in [0.15, 0.2) is 0 Å². The van der Waals surface area contributed by atoms with Crippen LogP contribution in [0, 0.1) is 5.92 Å². The molecular weight excluding hydrogens is 398 g/mol. The Labute approximate surface area is 181 Å². The van der Waals surface area contributed by atoms with Crippen molar-refractivity contribution < 1.29 is 14.4 Å². The van der Waals surface area contributed by atoms with Crippen LogP contribution in [-0.2, 0) is 4.79 Å². The van der Waals surface area contributed by atoms with Gasteiger partial charge in [0.25, 0.3) is 11.8 Å². The lowest BCUT2D eigenvalue weighted by atomic mass is 9.88. The Morgan fingerprint density at radius 2 is 1.77 bits per heavy atom. The Kier molecular flexibility index (Phi) is 7.63. The van der Waals surface area contributed by atoms with Gasteiger partial charge in [-0.05, 0) is 55.7 Å². The second kappa shape index (κ2) is 10.4. The minimum absolute atomic E-state index is 0.0193. The van der Waals surface area contributed by atoms with E-state index in [4.69, 9.17) is 0 Å². The van der Waals surface area contributed by atoms with Crippen molar-refractivity contribution in [1.29, 1.82) is 0 Å². The molecule has 160 valence electrons. The van der Waals surface area contributed by atoms with Crippen LogP contribution < -0.4 is 10.6 Å². The number of likely N-dealkylation sites (tertiary alicyclic amines) is 1. The highest BCUT2D eigenvalue weighted by molar-refractivity contribution is 7.12. The zero-order valence-corrected chi connectivity index (χ0v) is 18.3. The van der Waals surface area contributed by atoms with Crippen LogP contribution >= 0.6 is 11.3 Å². The maximum Gasteiger partial charge on any atom is 0.263 e. The van der Waals surface area contributed by atoms with Gasteiger partial charge >= 0.3 is 0 Å². The van der Waals surface area contributed by atoms with Gasteiger partial charge in [0.05, 0.1) is 4.88 Å². The number of hydrogen-bond acceptors (Lipinski definition) is 4. The summed E-state index contributed by atoms with van der Waals surface area (Å²) in [5, 5.41) is 7.86. The highest BCUT2D eigenvalue weighted by atomic mass is 32.1. The van der Waals surface area contributed by atoms with Crippen LogP contribution in [-0.4, -0.2) is 47.8 Å². The van der Waals surface area contributed by atoms with Crippen LogP contribution in [0.5, 0.6) is 0 Å². The largest absolute Gasteiger partial charge is 0.352 e. The number of amides is 3. The molecule has 3 amide bonds. The molecule has 1 aliphatic rings. The van der Waals surface area contributed by atoms with E-state index in [2.05, 4.69) is 10.6 Å². The summed E-state index contributed by atoms with van der Waals surface area (Å²) in [6.45, 7) is 5.12. The highest BCUT2D eigenvalue weighted by Crippen LogP contribution is 2.24. The van der Waals surface area contributed by atoms with Crippen LogP contribution in [0.3, 0.4) is 0 Å². The zero-order chi connectivity index (χ0) is 21.5. The van der Waals surface area contributed by atoms with Gasteiger partial charge in [0.1, 0.15) is 6.04 Å². The average Bonchev–Trinajstić information content (AvgIpc) is 3.32. The van der Waals surface area contributed by atoms with Crippen molar-refractivity contribution in [3.05, 3.63) is 58.3 Å². The number of hydrogen-bond donors (Lipinski definition) is 2. The normalized spacial score (nSPS) is 16.5. The highest BCUT2D eigenvalue weighted by Gasteiger charge is 2.34. The third-order valence-electron chi connectivity index (χ3n) is 5.64. The number of thiophene rings is 1. The van der Waals surface area contributed by atoms with E-state index in [0.717, 1.165) is 11.3 Å². The molecule has 0 aliphatic carbocycles. The van der Waals surface area contributed by atoms with Crippen LogP contribution in [0.1, 0.15) is 53.1 Å². The maximum atomic E-state index is 13.0. The first-order valence-electron chi connectivity index (χ1n) is 10.5. The molecular formula is C23H29N3O3S. The minimum atomic E-state index is -0.620. The SMILES string of the molecule is CC[C@@H](C)NC(=O)[C@@H](NC(=O)c1ccccc1)C1CCN(C(=O)c2cccs2)CC1. The van der Waals surface area contributed by atoms with E-state index in [1.807, 2.05) is 42.3 Å². The fourth-order valence-electron chi connectivity index (χ4n) is 3.64. The second-order valence-electron chi connectivity index (χ2n) is 7.74. The summed E-state index contributed by atoms with van der Waals surface area (Å²) in [7, 11) is 0. The van der Waals surface area contributed by atoms with Gasteiger partial charge in [-0.1, -0.05) is 31.2 Å². The molecule has 1 aromatic carbocycles. The van der Waals surface area contributed by atoms with Crippen LogP contribution in [0.4, 0.5) is 0 Å². The quantitative estimate of drug-likeness (QED) is 0.712. The number of nitrogens with zero attached hydrogens (tertiary/aromatic N) is 1. The van der Waals surface area contributed by atoms with Crippen molar-refractivity contribution >= 4 is 29.1 Å². The molecule has 1 aliphatic heterocycles. The molecule has 0 saturated carbocycles. The number of nitrogens with one attached hydrogen (secondary N) is 2. The summed E-state index contributed by atoms with van der Waals surface area (Å²) in [6, 6.07) is 12.1. The van der Waals surface area contributed by atoms with Crippen molar-refractivity contribution in [1.82, 2.24) is 15.5 Å². The van der Waals surface area contributed by atoms with E-state index < -0.39 is 6.04 Å². The molecule has 1 aromatic heterocycles. The van der Waals surface area contributed by atoms with E-state index >= 15 is 0 Å². The molecule has 2 N–H and O–H groups in total. The standard InChI is InChI=1S/C23H29N3O3S/c1-3-16(2)24-22(28)20(25-21(27)18-8-5-4-6-9-18)17-11-13-26(14-12-17)23(29)19-10-7-15-30-19/h4-10,15-17,20H,3,11-14H2,1-2H3,(H,24,28)(H,25,27)/t16-,20+/m1/s1. The van der Waals surface area contributed by atoms with E-state index in [1.165, 1.54) is 11.3 Å². The topological polar surface area (TPSA) is 78.5 Å². The van der Waals surface area contributed by atoms with Gasteiger partial charge in [0, 0.05) is 24.7 Å². The summed E-state index contributed by atoms with van der Waals surface area (Å²) in [5.41, 5.74) is 0.532. The zero-order valence-electron chi connectivity index (χ0n) is 17.5. The number of carbonyl (C=O) groups is 3. The van der Waals surface area contributed by atoms with Crippen molar-refractivity contribution in [2.75, 3.05) is 13.1 Å². The second-order valence-corrected chi connectivity index (χ2v) is 8.69. The number of benzene rings is 1. The van der Waals surface area contributed by atoms with Gasteiger partial charge in [-0.15, -0.1) is 11.3 Å². The Hall–Kier alpha value is -2.67. The van der Waals surface area contributed by atoms with Gasteiger partial charge in [-0.3, -0.25) is 14.4 Å². The van der Waals surface area contributed by atoms with Gasteiger partial charge in [-0.2, -0.15) is 0 Å². The van der Waals surface area contributed by atoms with E-state index in [0.29, 0.717) is 31.5 Å². The molecule has 2 heterocycles. The van der Waals surface area contributed by atoms with Crippen LogP contribution in [0.2, 0.25) is 0 Å². The molecule has 2 atom stereocenters. The lowest BCUT2D eigenvalue weighted by molar-refractivity contribution is -0.125. The first-order valence-corrected chi connectivity index (χ1v) is 11.4. The number of rotatable bonds is 7. The van der Waals surface area contributed by atoms with Crippen molar-refractivity contribution in [3.8, 4) is 0 Å². The molecule has 6 nitrogen and oxygen atoms in total. The van der Waals surface area contributed by atoms with Crippen LogP contribution in [0.25, 0.3) is 0 Å². The van der Waals surface area contributed by atoms with E-state index in [-0.39, 0.29) is 29.7 Å². The summed E-state index contributed by atoms with van der Waals surface area (Å²) in [4.78, 5) is 40.9. The number of piperidine rings is 1. The Morgan fingerprint density at radius 3 is 2.37 bits per heavy atom. The van der Waals surface area contributed by atoms with Gasteiger partial charge in [-0.25, -0.2) is 0 Å². The van der Waals surface area contributed by atoms with Crippen LogP contribution in [0.15, 0.2) is 47.8 Å². The summed E-state index contributed by atoms with van der Waals surface area (Å²) >= 11 is 1.44. The smallest absolute Gasteiger partial charge is 0.263 e. The summed E-state index contributed by atoms with van der Waals surface area (Å²) < 4.78 is 0. The average molecular weight is 428 g/mol. The van der Waals surface area contributed by atoms with Crippen molar-refractivity contribution in [2.24, 2.45) is 5.92 Å². The predicted octanol–water partition coefficient (Wildman–Crippen LogP) is 3.31. The Bertz CT molecular complexity index is 846. The molecule has 7 heteroatoms.